The van der Waals surface area contributed by atoms with Gasteiger partial charge in [-0.25, -0.2) is 4.90 Å². The predicted octanol–water partition coefficient (Wildman–Crippen LogP) is 0.916. The smallest absolute Gasteiger partial charge is 0.238 e. The fourth-order valence-corrected chi connectivity index (χ4v) is 2.09. The number of nitrogens with zero attached hydrogens (tertiary/aromatic N) is 1. The highest BCUT2D eigenvalue weighted by molar-refractivity contribution is 6.19. The Hall–Kier alpha value is -1.88. The third-order valence-corrected chi connectivity index (χ3v) is 3.00. The number of hydrogen-bond donors (Lipinski definition) is 2. The van der Waals surface area contributed by atoms with Gasteiger partial charge in [-0.3, -0.25) is 9.59 Å². The minimum absolute atomic E-state index is 0.0423. The highest BCUT2D eigenvalue weighted by Crippen LogP contribution is 2.31. The monoisotopic (exact) mass is 248 g/mol. The molecule has 0 aliphatic carbocycles. The SMILES string of the molecule is CNc1ccc2c(c1)CC(=O)N2C(=O)CCCO. The zero-order valence-corrected chi connectivity index (χ0v) is 10.3. The zero-order chi connectivity index (χ0) is 13.1. The summed E-state index contributed by atoms with van der Waals surface area (Å²) in [6, 6.07) is 5.50. The van der Waals surface area contributed by atoms with Crippen molar-refractivity contribution in [1.29, 1.82) is 0 Å². The van der Waals surface area contributed by atoms with Crippen molar-refractivity contribution in [3.63, 3.8) is 0 Å². The third kappa shape index (κ3) is 2.22. The molecule has 0 fully saturated rings. The lowest BCUT2D eigenvalue weighted by atomic mass is 10.1. The van der Waals surface area contributed by atoms with Crippen LogP contribution in [-0.2, 0) is 16.0 Å². The zero-order valence-electron chi connectivity index (χ0n) is 10.3. The third-order valence-electron chi connectivity index (χ3n) is 3.00. The summed E-state index contributed by atoms with van der Waals surface area (Å²) in [7, 11) is 1.81. The van der Waals surface area contributed by atoms with Gasteiger partial charge in [-0.2, -0.15) is 0 Å². The number of rotatable bonds is 4. The van der Waals surface area contributed by atoms with Crippen molar-refractivity contribution in [2.24, 2.45) is 0 Å². The molecule has 5 heteroatoms. The highest BCUT2D eigenvalue weighted by Gasteiger charge is 2.31. The van der Waals surface area contributed by atoms with Crippen LogP contribution in [0.3, 0.4) is 0 Å². The van der Waals surface area contributed by atoms with E-state index in [1.54, 1.807) is 6.07 Å². The lowest BCUT2D eigenvalue weighted by Crippen LogP contribution is -2.33. The fraction of sp³-hybridized carbons (Fsp3) is 0.385. The van der Waals surface area contributed by atoms with Gasteiger partial charge in [-0.1, -0.05) is 0 Å². The number of aliphatic hydroxyl groups is 1. The molecule has 0 bridgehead atoms. The molecule has 0 aromatic heterocycles. The Kier molecular flexibility index (Phi) is 3.62. The largest absolute Gasteiger partial charge is 0.396 e. The van der Waals surface area contributed by atoms with Crippen molar-refractivity contribution in [2.45, 2.75) is 19.3 Å². The quantitative estimate of drug-likeness (QED) is 0.831. The standard InChI is InChI=1S/C13H16N2O3/c1-14-10-4-5-11-9(7-10)8-13(18)15(11)12(17)3-2-6-16/h4-5,7,14,16H,2-3,6,8H2,1H3. The molecule has 0 saturated carbocycles. The first-order valence-corrected chi connectivity index (χ1v) is 5.94. The lowest BCUT2D eigenvalue weighted by molar-refractivity contribution is -0.125. The first-order chi connectivity index (χ1) is 8.67. The molecule has 1 aromatic rings. The number of carbonyl (C=O) groups excluding carboxylic acids is 2. The maximum absolute atomic E-state index is 11.9. The molecule has 1 aromatic carbocycles. The van der Waals surface area contributed by atoms with E-state index in [4.69, 9.17) is 5.11 Å². The van der Waals surface area contributed by atoms with E-state index >= 15 is 0 Å². The van der Waals surface area contributed by atoms with Crippen molar-refractivity contribution in [1.82, 2.24) is 0 Å². The number of benzene rings is 1. The van der Waals surface area contributed by atoms with E-state index in [1.165, 1.54) is 4.90 Å². The van der Waals surface area contributed by atoms with Crippen molar-refractivity contribution in [3.05, 3.63) is 23.8 Å². The molecule has 0 atom stereocenters. The second-order valence-corrected chi connectivity index (χ2v) is 4.22. The predicted molar refractivity (Wildman–Crippen MR) is 68.5 cm³/mol. The van der Waals surface area contributed by atoms with Gasteiger partial charge in [0.15, 0.2) is 0 Å². The molecule has 18 heavy (non-hydrogen) atoms. The van der Waals surface area contributed by atoms with Crippen LogP contribution in [0.25, 0.3) is 0 Å². The van der Waals surface area contributed by atoms with E-state index in [9.17, 15) is 9.59 Å². The normalized spacial score (nSPS) is 13.7. The molecule has 2 rings (SSSR count). The topological polar surface area (TPSA) is 69.6 Å². The van der Waals surface area contributed by atoms with Gasteiger partial charge in [-0.05, 0) is 30.2 Å². The molecule has 1 heterocycles. The lowest BCUT2D eigenvalue weighted by Gasteiger charge is -2.15. The summed E-state index contributed by atoms with van der Waals surface area (Å²) >= 11 is 0. The van der Waals surface area contributed by atoms with Crippen LogP contribution in [0.15, 0.2) is 18.2 Å². The van der Waals surface area contributed by atoms with Gasteiger partial charge in [0.1, 0.15) is 0 Å². The van der Waals surface area contributed by atoms with Crippen LogP contribution < -0.4 is 10.2 Å². The van der Waals surface area contributed by atoms with Crippen molar-refractivity contribution >= 4 is 23.2 Å². The minimum atomic E-state index is -0.245. The van der Waals surface area contributed by atoms with Crippen LogP contribution in [0.1, 0.15) is 18.4 Å². The van der Waals surface area contributed by atoms with E-state index in [-0.39, 0.29) is 31.3 Å². The summed E-state index contributed by atoms with van der Waals surface area (Å²) in [5.41, 5.74) is 2.46. The molecule has 2 amide bonds. The number of imide groups is 1. The number of aliphatic hydroxyl groups excluding tert-OH is 1. The Morgan fingerprint density at radius 1 is 1.50 bits per heavy atom. The van der Waals surface area contributed by atoms with Gasteiger partial charge in [0.05, 0.1) is 12.1 Å². The van der Waals surface area contributed by atoms with Crippen LogP contribution in [0.4, 0.5) is 11.4 Å². The number of carbonyl (C=O) groups is 2. The minimum Gasteiger partial charge on any atom is -0.396 e. The van der Waals surface area contributed by atoms with Crippen molar-refractivity contribution < 1.29 is 14.7 Å². The molecule has 5 nitrogen and oxygen atoms in total. The molecule has 0 saturated heterocycles. The van der Waals surface area contributed by atoms with Gasteiger partial charge in [0, 0.05) is 25.8 Å². The number of fused-ring (bicyclic) bond motifs is 1. The second kappa shape index (κ2) is 5.18. The first kappa shape index (κ1) is 12.6. The maximum Gasteiger partial charge on any atom is 0.238 e. The maximum atomic E-state index is 11.9. The van der Waals surface area contributed by atoms with Gasteiger partial charge in [0.2, 0.25) is 11.8 Å². The summed E-state index contributed by atoms with van der Waals surface area (Å²) in [6.45, 7) is -0.0423. The number of nitrogens with one attached hydrogen (secondary N) is 1. The summed E-state index contributed by atoms with van der Waals surface area (Å²) in [6.07, 6.45) is 0.831. The number of anilines is 2. The van der Waals surface area contributed by atoms with E-state index in [1.807, 2.05) is 19.2 Å². The van der Waals surface area contributed by atoms with Crippen molar-refractivity contribution in [2.75, 3.05) is 23.9 Å². The summed E-state index contributed by atoms with van der Waals surface area (Å²) < 4.78 is 0. The van der Waals surface area contributed by atoms with Crippen molar-refractivity contribution in [3.8, 4) is 0 Å². The number of hydrogen-bond acceptors (Lipinski definition) is 4. The molecule has 2 N–H and O–H groups in total. The van der Waals surface area contributed by atoms with Crippen LogP contribution >= 0.6 is 0 Å². The molecule has 0 unspecified atom stereocenters. The Morgan fingerprint density at radius 3 is 2.94 bits per heavy atom. The van der Waals surface area contributed by atoms with E-state index < -0.39 is 0 Å². The van der Waals surface area contributed by atoms with E-state index in [0.29, 0.717) is 12.1 Å². The van der Waals surface area contributed by atoms with Crippen LogP contribution in [-0.4, -0.2) is 30.6 Å². The molecule has 0 radical (unpaired) electrons. The highest BCUT2D eigenvalue weighted by atomic mass is 16.3. The Labute approximate surface area is 105 Å². The summed E-state index contributed by atoms with van der Waals surface area (Å²) in [4.78, 5) is 25.0. The van der Waals surface area contributed by atoms with Gasteiger partial charge >= 0.3 is 0 Å². The first-order valence-electron chi connectivity index (χ1n) is 5.94. The second-order valence-electron chi connectivity index (χ2n) is 4.22. The molecule has 96 valence electrons. The average Bonchev–Trinajstić information content (AvgIpc) is 2.70. The molecular weight excluding hydrogens is 232 g/mol. The van der Waals surface area contributed by atoms with E-state index in [2.05, 4.69) is 5.32 Å². The van der Waals surface area contributed by atoms with E-state index in [0.717, 1.165) is 11.3 Å². The Morgan fingerprint density at radius 2 is 2.28 bits per heavy atom. The Bertz CT molecular complexity index is 485. The molecule has 1 aliphatic heterocycles. The molecule has 1 aliphatic rings. The molecule has 0 spiro atoms. The summed E-state index contributed by atoms with van der Waals surface area (Å²) in [5.74, 6) is -0.439. The average molecular weight is 248 g/mol. The van der Waals surface area contributed by atoms with Crippen LogP contribution in [0.2, 0.25) is 0 Å². The number of amides is 2. The summed E-state index contributed by atoms with van der Waals surface area (Å²) in [5, 5.41) is 11.7. The van der Waals surface area contributed by atoms with Gasteiger partial charge < -0.3 is 10.4 Å². The Balaban J connectivity index is 2.25. The molecular formula is C13H16N2O3. The van der Waals surface area contributed by atoms with Gasteiger partial charge in [-0.15, -0.1) is 0 Å². The van der Waals surface area contributed by atoms with Crippen LogP contribution in [0.5, 0.6) is 0 Å². The fourth-order valence-electron chi connectivity index (χ4n) is 2.09. The van der Waals surface area contributed by atoms with Crippen LogP contribution in [0, 0.1) is 0 Å². The van der Waals surface area contributed by atoms with Gasteiger partial charge in [0.25, 0.3) is 0 Å².